The number of nitro benzene ring substituents is 1. The van der Waals surface area contributed by atoms with Gasteiger partial charge >= 0.3 is 0 Å². The molecule has 9 heteroatoms. The Balaban J connectivity index is 1.55. The van der Waals surface area contributed by atoms with Crippen LogP contribution < -0.4 is 5.32 Å². The molecule has 0 aliphatic rings. The van der Waals surface area contributed by atoms with Crippen molar-refractivity contribution in [2.75, 3.05) is 11.1 Å². The SMILES string of the molecule is O=C(CSCc1ccccc1)Nc1nnc(-c2cccc([N+](=O)[O-])c2)s1. The molecule has 2 aromatic carbocycles. The predicted molar refractivity (Wildman–Crippen MR) is 103 cm³/mol. The van der Waals surface area contributed by atoms with E-state index in [2.05, 4.69) is 15.5 Å². The number of nitrogens with zero attached hydrogens (tertiary/aromatic N) is 3. The van der Waals surface area contributed by atoms with Crippen LogP contribution in [-0.4, -0.2) is 26.8 Å². The lowest BCUT2D eigenvalue weighted by Crippen LogP contribution is -2.13. The number of anilines is 1. The topological polar surface area (TPSA) is 98.0 Å². The maximum atomic E-state index is 12.0. The molecule has 0 saturated carbocycles. The standard InChI is InChI=1S/C17H14N4O3S2/c22-15(11-25-10-12-5-2-1-3-6-12)18-17-20-19-16(26-17)13-7-4-8-14(9-13)21(23)24/h1-9H,10-11H2,(H,18,20,22). The second-order valence-corrected chi connectivity index (χ2v) is 7.21. The van der Waals surface area contributed by atoms with Crippen molar-refractivity contribution in [3.8, 4) is 10.6 Å². The molecule has 1 heterocycles. The molecule has 0 aliphatic carbocycles. The zero-order chi connectivity index (χ0) is 18.4. The summed E-state index contributed by atoms with van der Waals surface area (Å²) in [4.78, 5) is 22.4. The number of nitrogens with one attached hydrogen (secondary N) is 1. The van der Waals surface area contributed by atoms with Crippen LogP contribution in [0.5, 0.6) is 0 Å². The maximum Gasteiger partial charge on any atom is 0.270 e. The molecule has 0 spiro atoms. The van der Waals surface area contributed by atoms with Gasteiger partial charge in [-0.25, -0.2) is 0 Å². The second-order valence-electron chi connectivity index (χ2n) is 5.25. The van der Waals surface area contributed by atoms with Crippen LogP contribution in [0.3, 0.4) is 0 Å². The van der Waals surface area contributed by atoms with Crippen molar-refractivity contribution in [3.63, 3.8) is 0 Å². The van der Waals surface area contributed by atoms with Gasteiger partial charge in [-0.1, -0.05) is 53.8 Å². The lowest BCUT2D eigenvalue weighted by Gasteiger charge is -2.02. The number of non-ortho nitro benzene ring substituents is 1. The largest absolute Gasteiger partial charge is 0.300 e. The summed E-state index contributed by atoms with van der Waals surface area (Å²) in [6, 6.07) is 16.1. The average molecular weight is 386 g/mol. The normalized spacial score (nSPS) is 10.5. The summed E-state index contributed by atoms with van der Waals surface area (Å²) in [6.07, 6.45) is 0. The molecular formula is C17H14N4O3S2. The summed E-state index contributed by atoms with van der Waals surface area (Å²) in [5.41, 5.74) is 1.74. The van der Waals surface area contributed by atoms with Crippen molar-refractivity contribution in [1.82, 2.24) is 10.2 Å². The Labute approximate surface area is 157 Å². The van der Waals surface area contributed by atoms with Crippen LogP contribution in [0.4, 0.5) is 10.8 Å². The molecule has 0 bridgehead atoms. The van der Waals surface area contributed by atoms with Gasteiger partial charge in [0.2, 0.25) is 11.0 Å². The van der Waals surface area contributed by atoms with Gasteiger partial charge in [-0.15, -0.1) is 22.0 Å². The summed E-state index contributed by atoms with van der Waals surface area (Å²) in [6.45, 7) is 0. The van der Waals surface area contributed by atoms with Crippen LogP contribution in [0, 0.1) is 10.1 Å². The smallest absolute Gasteiger partial charge is 0.270 e. The fraction of sp³-hybridized carbons (Fsp3) is 0.118. The molecule has 0 fully saturated rings. The summed E-state index contributed by atoms with van der Waals surface area (Å²) in [5, 5.41) is 22.4. The third-order valence-corrected chi connectivity index (χ3v) is 5.21. The third-order valence-electron chi connectivity index (χ3n) is 3.32. The highest BCUT2D eigenvalue weighted by Gasteiger charge is 2.13. The molecule has 3 rings (SSSR count). The highest BCUT2D eigenvalue weighted by atomic mass is 32.2. The zero-order valence-corrected chi connectivity index (χ0v) is 15.1. The number of carbonyl (C=O) groups is 1. The van der Waals surface area contributed by atoms with Crippen molar-refractivity contribution in [2.45, 2.75) is 5.75 Å². The van der Waals surface area contributed by atoms with E-state index in [9.17, 15) is 14.9 Å². The molecule has 132 valence electrons. The molecule has 0 atom stereocenters. The second kappa shape index (κ2) is 8.54. The van der Waals surface area contributed by atoms with Gasteiger partial charge in [0.1, 0.15) is 5.01 Å². The average Bonchev–Trinajstić information content (AvgIpc) is 3.11. The Kier molecular flexibility index (Phi) is 5.92. The summed E-state index contributed by atoms with van der Waals surface area (Å²) in [5.74, 6) is 0.900. The van der Waals surface area contributed by atoms with E-state index in [4.69, 9.17) is 0 Å². The van der Waals surface area contributed by atoms with E-state index in [0.29, 0.717) is 21.5 Å². The molecular weight excluding hydrogens is 372 g/mol. The van der Waals surface area contributed by atoms with Gasteiger partial charge in [-0.3, -0.25) is 20.2 Å². The highest BCUT2D eigenvalue weighted by molar-refractivity contribution is 7.99. The predicted octanol–water partition coefficient (Wildman–Crippen LogP) is 3.99. The van der Waals surface area contributed by atoms with Crippen molar-refractivity contribution in [3.05, 3.63) is 70.3 Å². The summed E-state index contributed by atoms with van der Waals surface area (Å²) >= 11 is 2.69. The number of aromatic nitrogens is 2. The van der Waals surface area contributed by atoms with E-state index < -0.39 is 4.92 Å². The minimum Gasteiger partial charge on any atom is -0.300 e. The number of hydrogen-bond acceptors (Lipinski definition) is 7. The molecule has 26 heavy (non-hydrogen) atoms. The fourth-order valence-electron chi connectivity index (χ4n) is 2.13. The third kappa shape index (κ3) is 4.87. The molecule has 3 aromatic rings. The lowest BCUT2D eigenvalue weighted by molar-refractivity contribution is -0.384. The number of carbonyl (C=O) groups excluding carboxylic acids is 1. The summed E-state index contributed by atoms with van der Waals surface area (Å²) in [7, 11) is 0. The first-order valence-electron chi connectivity index (χ1n) is 7.61. The minimum atomic E-state index is -0.461. The maximum absolute atomic E-state index is 12.0. The van der Waals surface area contributed by atoms with Crippen LogP contribution in [0.15, 0.2) is 54.6 Å². The van der Waals surface area contributed by atoms with Gasteiger partial charge in [0.05, 0.1) is 10.7 Å². The minimum absolute atomic E-state index is 0.0133. The molecule has 1 N–H and O–H groups in total. The van der Waals surface area contributed by atoms with E-state index in [1.165, 1.54) is 35.2 Å². The highest BCUT2D eigenvalue weighted by Crippen LogP contribution is 2.28. The van der Waals surface area contributed by atoms with Crippen molar-refractivity contribution in [2.24, 2.45) is 0 Å². The van der Waals surface area contributed by atoms with E-state index in [1.54, 1.807) is 12.1 Å². The molecule has 0 unspecified atom stereocenters. The first-order valence-corrected chi connectivity index (χ1v) is 9.59. The Morgan fingerprint density at radius 3 is 2.73 bits per heavy atom. The van der Waals surface area contributed by atoms with E-state index >= 15 is 0 Å². The van der Waals surface area contributed by atoms with Crippen LogP contribution >= 0.6 is 23.1 Å². The van der Waals surface area contributed by atoms with Crippen molar-refractivity contribution in [1.29, 1.82) is 0 Å². The van der Waals surface area contributed by atoms with Gasteiger partial charge in [0.15, 0.2) is 0 Å². The number of benzene rings is 2. The number of rotatable bonds is 7. The molecule has 1 amide bonds. The Bertz CT molecular complexity index is 915. The van der Waals surface area contributed by atoms with Crippen LogP contribution in [0.2, 0.25) is 0 Å². The van der Waals surface area contributed by atoms with Crippen LogP contribution in [-0.2, 0) is 10.5 Å². The van der Waals surface area contributed by atoms with Gasteiger partial charge in [0, 0.05) is 23.4 Å². The fourth-order valence-corrected chi connectivity index (χ4v) is 3.68. The molecule has 0 aliphatic heterocycles. The van der Waals surface area contributed by atoms with E-state index in [1.807, 2.05) is 30.3 Å². The van der Waals surface area contributed by atoms with Crippen LogP contribution in [0.25, 0.3) is 10.6 Å². The van der Waals surface area contributed by atoms with Gasteiger partial charge in [0.25, 0.3) is 5.69 Å². The summed E-state index contributed by atoms with van der Waals surface area (Å²) < 4.78 is 0. The number of nitro groups is 1. The van der Waals surface area contributed by atoms with Crippen molar-refractivity contribution >= 4 is 39.8 Å². The molecule has 7 nitrogen and oxygen atoms in total. The van der Waals surface area contributed by atoms with E-state index in [-0.39, 0.29) is 11.6 Å². The number of thioether (sulfide) groups is 1. The monoisotopic (exact) mass is 386 g/mol. The molecule has 1 aromatic heterocycles. The van der Waals surface area contributed by atoms with Gasteiger partial charge in [-0.05, 0) is 5.56 Å². The zero-order valence-electron chi connectivity index (χ0n) is 13.5. The van der Waals surface area contributed by atoms with Gasteiger partial charge < -0.3 is 0 Å². The Hall–Kier alpha value is -2.78. The molecule has 0 radical (unpaired) electrons. The number of hydrogen-bond donors (Lipinski definition) is 1. The Morgan fingerprint density at radius 2 is 1.96 bits per heavy atom. The quantitative estimate of drug-likeness (QED) is 0.487. The van der Waals surface area contributed by atoms with E-state index in [0.717, 1.165) is 11.3 Å². The first-order chi connectivity index (χ1) is 12.6. The first kappa shape index (κ1) is 18.0. The van der Waals surface area contributed by atoms with Gasteiger partial charge in [-0.2, -0.15) is 0 Å². The van der Waals surface area contributed by atoms with Crippen molar-refractivity contribution < 1.29 is 9.72 Å². The number of amides is 1. The van der Waals surface area contributed by atoms with Crippen LogP contribution in [0.1, 0.15) is 5.56 Å². The molecule has 0 saturated heterocycles. The Morgan fingerprint density at radius 1 is 1.15 bits per heavy atom. The lowest BCUT2D eigenvalue weighted by atomic mass is 10.2.